The Morgan fingerprint density at radius 1 is 1.27 bits per heavy atom. The van der Waals surface area contributed by atoms with Crippen LogP contribution in [0.3, 0.4) is 0 Å². The van der Waals surface area contributed by atoms with E-state index < -0.39 is 18.0 Å². The van der Waals surface area contributed by atoms with Crippen LogP contribution in [0.25, 0.3) is 0 Å². The highest BCUT2D eigenvalue weighted by molar-refractivity contribution is 7.17. The Bertz CT molecular complexity index is 722. The second kappa shape index (κ2) is 7.78. The van der Waals surface area contributed by atoms with E-state index in [0.29, 0.717) is 16.5 Å². The molecular formula is C19H25NO5S. The highest BCUT2D eigenvalue weighted by Crippen LogP contribution is 2.40. The second-order valence-electron chi connectivity index (χ2n) is 7.12. The summed E-state index contributed by atoms with van der Waals surface area (Å²) in [6, 6.07) is 0. The molecule has 0 spiro atoms. The number of thiophene rings is 1. The van der Waals surface area contributed by atoms with Gasteiger partial charge < -0.3 is 14.8 Å². The lowest BCUT2D eigenvalue weighted by atomic mass is 9.88. The fraction of sp³-hybridized carbons (Fsp3) is 0.632. The molecule has 2 aliphatic carbocycles. The fourth-order valence-corrected chi connectivity index (χ4v) is 4.52. The van der Waals surface area contributed by atoms with Gasteiger partial charge in [-0.2, -0.15) is 0 Å². The van der Waals surface area contributed by atoms with Crippen LogP contribution in [0.1, 0.15) is 60.8 Å². The Hall–Kier alpha value is -1.89. The third kappa shape index (κ3) is 4.09. The van der Waals surface area contributed by atoms with E-state index in [9.17, 15) is 14.4 Å². The summed E-state index contributed by atoms with van der Waals surface area (Å²) in [5.74, 6) is -0.653. The Balaban J connectivity index is 1.78. The molecule has 1 heterocycles. The molecule has 142 valence electrons. The number of amides is 1. The first-order valence-corrected chi connectivity index (χ1v) is 10.0. The van der Waals surface area contributed by atoms with E-state index in [1.807, 2.05) is 0 Å². The summed E-state index contributed by atoms with van der Waals surface area (Å²) in [6.07, 6.45) is 3.49. The normalized spacial score (nSPS) is 20.0. The van der Waals surface area contributed by atoms with Gasteiger partial charge in [-0.15, -0.1) is 11.3 Å². The number of hydrogen-bond donors (Lipinski definition) is 1. The molecule has 6 nitrogen and oxygen atoms in total. The second-order valence-corrected chi connectivity index (χ2v) is 8.22. The van der Waals surface area contributed by atoms with Crippen molar-refractivity contribution >= 4 is 34.2 Å². The van der Waals surface area contributed by atoms with Crippen LogP contribution < -0.4 is 5.32 Å². The molecule has 1 fully saturated rings. The zero-order valence-electron chi connectivity index (χ0n) is 15.4. The molecule has 0 radical (unpaired) electrons. The molecule has 0 saturated heterocycles. The van der Waals surface area contributed by atoms with Gasteiger partial charge in [0.1, 0.15) is 5.00 Å². The SMILES string of the molecule is CCOC(=O)c1c(NC(=O)C(C)OC(=O)C2CC2)sc2c1CCC(C)C2. The summed E-state index contributed by atoms with van der Waals surface area (Å²) in [5.41, 5.74) is 1.46. The summed E-state index contributed by atoms with van der Waals surface area (Å²) < 4.78 is 10.4. The van der Waals surface area contributed by atoms with E-state index in [0.717, 1.165) is 42.5 Å². The Labute approximate surface area is 157 Å². The van der Waals surface area contributed by atoms with Crippen LogP contribution in [0.4, 0.5) is 5.00 Å². The number of fused-ring (bicyclic) bond motifs is 1. The van der Waals surface area contributed by atoms with E-state index in [-0.39, 0.29) is 18.5 Å². The van der Waals surface area contributed by atoms with Crippen LogP contribution >= 0.6 is 11.3 Å². The first-order valence-electron chi connectivity index (χ1n) is 9.23. The lowest BCUT2D eigenvalue weighted by molar-refractivity contribution is -0.154. The molecule has 2 unspecified atom stereocenters. The van der Waals surface area contributed by atoms with Crippen molar-refractivity contribution in [1.29, 1.82) is 0 Å². The first-order chi connectivity index (χ1) is 12.4. The van der Waals surface area contributed by atoms with Crippen molar-refractivity contribution < 1.29 is 23.9 Å². The standard InChI is InChI=1S/C19H25NO5S/c1-4-24-19(23)15-13-8-5-10(2)9-14(13)26-17(15)20-16(21)11(3)25-18(22)12-6-7-12/h10-12H,4-9H2,1-3H3,(H,20,21). The molecule has 1 saturated carbocycles. The van der Waals surface area contributed by atoms with Crippen molar-refractivity contribution in [3.63, 3.8) is 0 Å². The Morgan fingerprint density at radius 3 is 2.65 bits per heavy atom. The van der Waals surface area contributed by atoms with Crippen LogP contribution in [0, 0.1) is 11.8 Å². The maximum absolute atomic E-state index is 12.5. The first kappa shape index (κ1) is 18.9. The quantitative estimate of drug-likeness (QED) is 0.767. The van der Waals surface area contributed by atoms with E-state index in [2.05, 4.69) is 12.2 Å². The molecule has 3 rings (SSSR count). The number of ether oxygens (including phenoxy) is 2. The summed E-state index contributed by atoms with van der Waals surface area (Å²) in [4.78, 5) is 37.8. The lowest BCUT2D eigenvalue weighted by Gasteiger charge is -2.18. The topological polar surface area (TPSA) is 81.7 Å². The summed E-state index contributed by atoms with van der Waals surface area (Å²) >= 11 is 1.43. The molecule has 1 amide bonds. The van der Waals surface area contributed by atoms with Gasteiger partial charge in [-0.05, 0) is 57.4 Å². The molecule has 0 bridgehead atoms. The number of carbonyl (C=O) groups excluding carboxylic acids is 3. The number of carbonyl (C=O) groups is 3. The molecule has 2 atom stereocenters. The average molecular weight is 379 g/mol. The van der Waals surface area contributed by atoms with Crippen molar-refractivity contribution in [2.75, 3.05) is 11.9 Å². The molecule has 26 heavy (non-hydrogen) atoms. The number of anilines is 1. The lowest BCUT2D eigenvalue weighted by Crippen LogP contribution is -2.30. The van der Waals surface area contributed by atoms with Crippen LogP contribution in [-0.4, -0.2) is 30.6 Å². The highest BCUT2D eigenvalue weighted by atomic mass is 32.1. The molecule has 1 N–H and O–H groups in total. The third-order valence-electron chi connectivity index (χ3n) is 4.80. The number of rotatable bonds is 6. The van der Waals surface area contributed by atoms with Crippen molar-refractivity contribution in [1.82, 2.24) is 0 Å². The molecule has 7 heteroatoms. The summed E-state index contributed by atoms with van der Waals surface area (Å²) in [7, 11) is 0. The largest absolute Gasteiger partial charge is 0.462 e. The van der Waals surface area contributed by atoms with Crippen LogP contribution in [0.5, 0.6) is 0 Å². The van der Waals surface area contributed by atoms with Crippen molar-refractivity contribution in [3.05, 3.63) is 16.0 Å². The molecule has 2 aliphatic rings. The minimum Gasteiger partial charge on any atom is -0.462 e. The van der Waals surface area contributed by atoms with Crippen molar-refractivity contribution in [2.24, 2.45) is 11.8 Å². The molecule has 0 aromatic carbocycles. The predicted octanol–water partition coefficient (Wildman–Crippen LogP) is 3.33. The minimum absolute atomic E-state index is 0.0594. The number of hydrogen-bond acceptors (Lipinski definition) is 6. The zero-order valence-corrected chi connectivity index (χ0v) is 16.2. The predicted molar refractivity (Wildman–Crippen MR) is 98.4 cm³/mol. The zero-order chi connectivity index (χ0) is 18.8. The van der Waals surface area contributed by atoms with Crippen molar-refractivity contribution in [2.45, 2.75) is 59.0 Å². The van der Waals surface area contributed by atoms with Gasteiger partial charge in [-0.3, -0.25) is 9.59 Å². The smallest absolute Gasteiger partial charge is 0.341 e. The van der Waals surface area contributed by atoms with Gasteiger partial charge in [-0.1, -0.05) is 6.92 Å². The number of esters is 2. The monoisotopic (exact) mass is 379 g/mol. The Morgan fingerprint density at radius 2 is 2.00 bits per heavy atom. The molecule has 1 aromatic rings. The molecular weight excluding hydrogens is 354 g/mol. The Kier molecular flexibility index (Phi) is 5.65. The minimum atomic E-state index is -0.892. The van der Waals surface area contributed by atoms with Crippen LogP contribution in [0.2, 0.25) is 0 Å². The molecule has 1 aromatic heterocycles. The van der Waals surface area contributed by atoms with Gasteiger partial charge in [-0.25, -0.2) is 4.79 Å². The van der Waals surface area contributed by atoms with Gasteiger partial charge in [0, 0.05) is 4.88 Å². The van der Waals surface area contributed by atoms with Gasteiger partial charge in [0.25, 0.3) is 5.91 Å². The third-order valence-corrected chi connectivity index (χ3v) is 5.97. The van der Waals surface area contributed by atoms with E-state index in [1.165, 1.54) is 11.3 Å². The van der Waals surface area contributed by atoms with Gasteiger partial charge >= 0.3 is 11.9 Å². The van der Waals surface area contributed by atoms with Gasteiger partial charge in [0.2, 0.25) is 0 Å². The van der Waals surface area contributed by atoms with Gasteiger partial charge in [0.15, 0.2) is 6.10 Å². The maximum Gasteiger partial charge on any atom is 0.341 e. The highest BCUT2D eigenvalue weighted by Gasteiger charge is 2.34. The molecule has 0 aliphatic heterocycles. The van der Waals surface area contributed by atoms with E-state index in [4.69, 9.17) is 9.47 Å². The summed E-state index contributed by atoms with van der Waals surface area (Å²) in [6.45, 7) is 5.78. The average Bonchev–Trinajstić information content (AvgIpc) is 3.37. The van der Waals surface area contributed by atoms with Crippen LogP contribution in [0.15, 0.2) is 0 Å². The van der Waals surface area contributed by atoms with Gasteiger partial charge in [0.05, 0.1) is 18.1 Å². The van der Waals surface area contributed by atoms with E-state index in [1.54, 1.807) is 13.8 Å². The number of nitrogens with one attached hydrogen (secondary N) is 1. The van der Waals surface area contributed by atoms with Crippen LogP contribution in [-0.2, 0) is 31.9 Å². The maximum atomic E-state index is 12.5. The fourth-order valence-electron chi connectivity index (χ4n) is 3.11. The van der Waals surface area contributed by atoms with Crippen molar-refractivity contribution in [3.8, 4) is 0 Å². The summed E-state index contributed by atoms with van der Waals surface area (Å²) in [5, 5.41) is 3.29. The van der Waals surface area contributed by atoms with E-state index >= 15 is 0 Å².